The molecule has 0 saturated heterocycles. The van der Waals surface area contributed by atoms with E-state index in [1.165, 1.54) is 13.3 Å². The Morgan fingerprint density at radius 3 is 2.54 bits per heavy atom. The quantitative estimate of drug-likeness (QED) is 0.559. The van der Waals surface area contributed by atoms with E-state index in [0.717, 1.165) is 12.1 Å². The molecule has 0 spiro atoms. The van der Waals surface area contributed by atoms with Crippen molar-refractivity contribution < 1.29 is 29.0 Å². The summed E-state index contributed by atoms with van der Waals surface area (Å²) in [7, 11) is 1.32. The van der Waals surface area contributed by atoms with Crippen LogP contribution in [0.3, 0.4) is 0 Å². The van der Waals surface area contributed by atoms with E-state index < -0.39 is 5.97 Å². The van der Waals surface area contributed by atoms with Gasteiger partial charge in [-0.1, -0.05) is 6.92 Å². The molecule has 13 heavy (non-hydrogen) atoms. The van der Waals surface area contributed by atoms with E-state index in [4.69, 9.17) is 0 Å². The second-order valence-electron chi connectivity index (χ2n) is 2.24. The van der Waals surface area contributed by atoms with Crippen molar-refractivity contribution >= 4 is 5.97 Å². The largest absolute Gasteiger partial charge is 0.464 e. The first-order valence-electron chi connectivity index (χ1n) is 3.67. The van der Waals surface area contributed by atoms with E-state index in [-0.39, 0.29) is 25.2 Å². The first-order chi connectivity index (χ1) is 5.77. The summed E-state index contributed by atoms with van der Waals surface area (Å²) in [4.78, 5) is 18.8. The van der Waals surface area contributed by atoms with Gasteiger partial charge in [0.25, 0.3) is 0 Å². The van der Waals surface area contributed by atoms with Crippen LogP contribution in [0.5, 0.6) is 0 Å². The Morgan fingerprint density at radius 2 is 2.15 bits per heavy atom. The molecule has 0 N–H and O–H groups in total. The normalized spacial score (nSPS) is 8.77. The summed E-state index contributed by atoms with van der Waals surface area (Å²) >= 11 is 0. The topological polar surface area (TPSA) is 52.1 Å². The van der Waals surface area contributed by atoms with Gasteiger partial charge in [-0.25, -0.2) is 9.78 Å². The summed E-state index contributed by atoms with van der Waals surface area (Å²) in [5.74, 6) is -0.454. The average molecular weight is 232 g/mol. The number of methoxy groups -OCH3 is 1. The van der Waals surface area contributed by atoms with Gasteiger partial charge in [0.05, 0.1) is 19.0 Å². The Labute approximate surface area is 89.5 Å². The number of hydrogen-bond donors (Lipinski definition) is 0. The van der Waals surface area contributed by atoms with Crippen molar-refractivity contribution in [3.8, 4) is 0 Å². The van der Waals surface area contributed by atoms with Crippen molar-refractivity contribution in [1.29, 1.82) is 0 Å². The molecule has 0 atom stereocenters. The van der Waals surface area contributed by atoms with Gasteiger partial charge in [0, 0.05) is 25.7 Å². The maximum atomic E-state index is 10.9. The molecule has 0 aliphatic rings. The van der Waals surface area contributed by atoms with Crippen LogP contribution in [0, 0.1) is 0 Å². The molecule has 5 heteroatoms. The molecule has 0 aliphatic carbocycles. The van der Waals surface area contributed by atoms with E-state index in [1.54, 1.807) is 6.20 Å². The van der Waals surface area contributed by atoms with Crippen LogP contribution in [0.2, 0.25) is 0 Å². The van der Waals surface area contributed by atoms with Crippen molar-refractivity contribution in [2.75, 3.05) is 7.11 Å². The van der Waals surface area contributed by atoms with Crippen LogP contribution in [0.25, 0.3) is 0 Å². The van der Waals surface area contributed by atoms with Gasteiger partial charge in [-0.3, -0.25) is 4.98 Å². The Morgan fingerprint density at radius 1 is 1.46 bits per heavy atom. The molecule has 66 valence electrons. The number of carbonyl (C=O) groups excluding carboxylic acids is 1. The van der Waals surface area contributed by atoms with Gasteiger partial charge in [0.2, 0.25) is 0 Å². The molecule has 0 fully saturated rings. The van der Waals surface area contributed by atoms with E-state index in [9.17, 15) is 4.79 Å². The minimum atomic E-state index is -0.454. The standard InChI is InChI=1S/C8H10N2O2.Zn/c1-3-6-4-10-7(5-9-6)8(11)12-2;/h4-5H,3H2,1-2H3;. The number of ether oxygens (including phenoxy) is 1. The van der Waals surface area contributed by atoms with Crippen molar-refractivity contribution in [2.45, 2.75) is 13.3 Å². The smallest absolute Gasteiger partial charge is 0.358 e. The SMILES string of the molecule is CCc1cnc(C(=O)OC)cn1.[Zn]. The molecule has 1 aromatic rings. The van der Waals surface area contributed by atoms with Gasteiger partial charge in [-0.2, -0.15) is 0 Å². The summed E-state index contributed by atoms with van der Waals surface area (Å²) < 4.78 is 4.47. The Balaban J connectivity index is 0.00000144. The number of carbonyl (C=O) groups is 1. The van der Waals surface area contributed by atoms with E-state index in [0.29, 0.717) is 0 Å². The fourth-order valence-corrected chi connectivity index (χ4v) is 0.747. The van der Waals surface area contributed by atoms with E-state index in [1.807, 2.05) is 6.92 Å². The van der Waals surface area contributed by atoms with Crippen LogP contribution in [0.15, 0.2) is 12.4 Å². The molecule has 1 aromatic heterocycles. The molecule has 0 saturated carbocycles. The Bertz CT molecular complexity index is 274. The minimum Gasteiger partial charge on any atom is -0.464 e. The third-order valence-corrected chi connectivity index (χ3v) is 1.46. The van der Waals surface area contributed by atoms with Crippen molar-refractivity contribution in [1.82, 2.24) is 9.97 Å². The summed E-state index contributed by atoms with van der Waals surface area (Å²) in [6.07, 6.45) is 3.81. The minimum absolute atomic E-state index is 0. The van der Waals surface area contributed by atoms with Crippen molar-refractivity contribution in [3.63, 3.8) is 0 Å². The second kappa shape index (κ2) is 5.76. The summed E-state index contributed by atoms with van der Waals surface area (Å²) in [6.45, 7) is 1.97. The van der Waals surface area contributed by atoms with Crippen molar-refractivity contribution in [2.24, 2.45) is 0 Å². The summed E-state index contributed by atoms with van der Waals surface area (Å²) in [6, 6.07) is 0. The Hall–Kier alpha value is -0.827. The number of aromatic nitrogens is 2. The molecule has 0 bridgehead atoms. The zero-order chi connectivity index (χ0) is 8.97. The molecule has 1 heterocycles. The van der Waals surface area contributed by atoms with E-state index in [2.05, 4.69) is 14.7 Å². The number of aryl methyl sites for hydroxylation is 1. The maximum Gasteiger partial charge on any atom is 0.358 e. The first-order valence-corrected chi connectivity index (χ1v) is 3.67. The Kier molecular flexibility index (Phi) is 5.39. The fraction of sp³-hybridized carbons (Fsp3) is 0.375. The zero-order valence-electron chi connectivity index (χ0n) is 7.78. The number of hydrogen-bond acceptors (Lipinski definition) is 4. The van der Waals surface area contributed by atoms with Crippen LogP contribution in [0.4, 0.5) is 0 Å². The van der Waals surface area contributed by atoms with Crippen LogP contribution >= 0.6 is 0 Å². The molecular weight excluding hydrogens is 221 g/mol. The zero-order valence-corrected chi connectivity index (χ0v) is 10.7. The second-order valence-corrected chi connectivity index (χ2v) is 2.24. The molecule has 0 radical (unpaired) electrons. The van der Waals surface area contributed by atoms with Gasteiger partial charge < -0.3 is 4.74 Å². The molecule has 0 aromatic carbocycles. The number of nitrogens with zero attached hydrogens (tertiary/aromatic N) is 2. The third-order valence-electron chi connectivity index (χ3n) is 1.46. The van der Waals surface area contributed by atoms with Gasteiger partial charge in [0.1, 0.15) is 0 Å². The van der Waals surface area contributed by atoms with Gasteiger partial charge in [-0.05, 0) is 6.42 Å². The van der Waals surface area contributed by atoms with Gasteiger partial charge in [-0.15, -0.1) is 0 Å². The van der Waals surface area contributed by atoms with E-state index >= 15 is 0 Å². The van der Waals surface area contributed by atoms with Crippen LogP contribution in [-0.2, 0) is 30.6 Å². The third kappa shape index (κ3) is 3.19. The van der Waals surface area contributed by atoms with Crippen LogP contribution < -0.4 is 0 Å². The fourth-order valence-electron chi connectivity index (χ4n) is 0.747. The average Bonchev–Trinajstić information content (AvgIpc) is 2.17. The number of rotatable bonds is 2. The summed E-state index contributed by atoms with van der Waals surface area (Å²) in [5, 5.41) is 0. The predicted molar refractivity (Wildman–Crippen MR) is 42.7 cm³/mol. The first kappa shape index (κ1) is 12.2. The molecule has 0 unspecified atom stereocenters. The molecule has 0 aliphatic heterocycles. The van der Waals surface area contributed by atoms with Crippen molar-refractivity contribution in [3.05, 3.63) is 23.8 Å². The van der Waals surface area contributed by atoms with Gasteiger partial charge >= 0.3 is 5.97 Å². The predicted octanol–water partition coefficient (Wildman–Crippen LogP) is 0.823. The molecule has 0 amide bonds. The van der Waals surface area contributed by atoms with Gasteiger partial charge in [0.15, 0.2) is 5.69 Å². The molecule has 1 rings (SSSR count). The number of esters is 1. The molecular formula is C8H10N2O2Zn. The molecule has 4 nitrogen and oxygen atoms in total. The van der Waals surface area contributed by atoms with Crippen LogP contribution in [-0.4, -0.2) is 23.0 Å². The van der Waals surface area contributed by atoms with Crippen LogP contribution in [0.1, 0.15) is 23.1 Å². The monoisotopic (exact) mass is 230 g/mol. The summed E-state index contributed by atoms with van der Waals surface area (Å²) in [5.41, 5.74) is 1.11. The maximum absolute atomic E-state index is 10.9.